The molecule has 7 nitrogen and oxygen atoms in total. The van der Waals surface area contributed by atoms with Gasteiger partial charge in [-0.1, -0.05) is 48.8 Å². The van der Waals surface area contributed by atoms with Crippen LogP contribution in [0.5, 0.6) is 0 Å². The average molecular weight is 493 g/mol. The first-order valence-corrected chi connectivity index (χ1v) is 14.1. The van der Waals surface area contributed by atoms with Crippen LogP contribution in [0.3, 0.4) is 0 Å². The molecule has 0 bridgehead atoms. The number of unbranched alkanes of at least 4 members (excludes halogenated alkanes) is 1. The molecular weight excluding hydrogens is 451 g/mol. The molecule has 0 radical (unpaired) electrons. The van der Waals surface area contributed by atoms with Gasteiger partial charge in [0.1, 0.15) is 0 Å². The molecule has 9 heteroatoms. The van der Waals surface area contributed by atoms with Crippen LogP contribution in [-0.2, 0) is 28.5 Å². The van der Waals surface area contributed by atoms with Gasteiger partial charge in [0, 0.05) is 7.11 Å². The zero-order chi connectivity index (χ0) is 24.9. The van der Waals surface area contributed by atoms with E-state index in [1.165, 1.54) is 30.6 Å². The predicted molar refractivity (Wildman–Crippen MR) is 130 cm³/mol. The third kappa shape index (κ3) is 12.7. The fraction of sp³-hybridized carbons (Fsp3) is 0.696. The summed E-state index contributed by atoms with van der Waals surface area (Å²) in [6.07, 6.45) is 11.1. The van der Waals surface area contributed by atoms with Crippen LogP contribution >= 0.6 is 7.60 Å². The summed E-state index contributed by atoms with van der Waals surface area (Å²) in [5.74, 6) is -1.46. The number of allylic oxidation sites excluding steroid dienone is 6. The molecule has 2 atom stereocenters. The fourth-order valence-corrected chi connectivity index (χ4v) is 6.44. The van der Waals surface area contributed by atoms with Crippen LogP contribution in [0.1, 0.15) is 86.5 Å². The molecule has 0 fully saturated rings. The minimum Gasteiger partial charge on any atom is -0.390 e. The van der Waals surface area contributed by atoms with Crippen LogP contribution in [0, 0.1) is 5.92 Å². The molecule has 2 unspecified atom stereocenters. The maximum Gasteiger partial charge on any atom is 0.401 e. The summed E-state index contributed by atoms with van der Waals surface area (Å²) in [6, 6.07) is 0. The van der Waals surface area contributed by atoms with E-state index in [1.54, 1.807) is 0 Å². The maximum absolute atomic E-state index is 12.9. The van der Waals surface area contributed by atoms with Crippen LogP contribution in [0.15, 0.2) is 34.9 Å². The number of rotatable bonds is 15. The molecule has 0 amide bonds. The van der Waals surface area contributed by atoms with Gasteiger partial charge in [-0.25, -0.2) is 4.57 Å². The third-order valence-electron chi connectivity index (χ3n) is 4.91. The zero-order valence-electron chi connectivity index (χ0n) is 20.6. The van der Waals surface area contributed by atoms with Gasteiger partial charge < -0.3 is 9.05 Å². The van der Waals surface area contributed by atoms with Gasteiger partial charge in [-0.3, -0.25) is 9.35 Å². The summed E-state index contributed by atoms with van der Waals surface area (Å²) in [5.41, 5.74) is 3.85. The largest absolute Gasteiger partial charge is 0.401 e. The Hall–Kier alpha value is -1.21. The quantitative estimate of drug-likeness (QED) is 0.116. The second kappa shape index (κ2) is 14.8. The lowest BCUT2D eigenvalue weighted by Crippen LogP contribution is -2.25. The molecule has 0 saturated carbocycles. The van der Waals surface area contributed by atoms with Crippen LogP contribution in [0.2, 0.25) is 0 Å². The van der Waals surface area contributed by atoms with Crippen LogP contribution in [0.25, 0.3) is 0 Å². The number of carbonyl (C=O) groups is 1. The Kier molecular flexibility index (Phi) is 14.3. The minimum atomic E-state index is -4.74. The van der Waals surface area contributed by atoms with E-state index in [0.29, 0.717) is 12.8 Å². The minimum absolute atomic E-state index is 0.150. The fourth-order valence-electron chi connectivity index (χ4n) is 2.89. The van der Waals surface area contributed by atoms with Crippen molar-refractivity contribution in [3.8, 4) is 0 Å². The lowest BCUT2D eigenvalue weighted by molar-refractivity contribution is -0.138. The highest BCUT2D eigenvalue weighted by Gasteiger charge is 2.46. The summed E-state index contributed by atoms with van der Waals surface area (Å²) in [5, 5.41) is 0. The van der Waals surface area contributed by atoms with Crippen molar-refractivity contribution in [2.24, 2.45) is 5.92 Å². The van der Waals surface area contributed by atoms with Gasteiger partial charge >= 0.3 is 13.6 Å². The summed E-state index contributed by atoms with van der Waals surface area (Å²) in [4.78, 5) is 10.0. The van der Waals surface area contributed by atoms with Gasteiger partial charge in [0.2, 0.25) is 0 Å². The molecule has 186 valence electrons. The highest BCUT2D eigenvalue weighted by atomic mass is 32.2. The second-order valence-electron chi connectivity index (χ2n) is 8.65. The summed E-state index contributed by atoms with van der Waals surface area (Å²) in [6.45, 7) is 11.4. The highest BCUT2D eigenvalue weighted by Crippen LogP contribution is 2.56. The van der Waals surface area contributed by atoms with E-state index in [9.17, 15) is 22.3 Å². The van der Waals surface area contributed by atoms with E-state index >= 15 is 0 Å². The Labute approximate surface area is 194 Å². The highest BCUT2D eigenvalue weighted by molar-refractivity contribution is 7.94. The first kappa shape index (κ1) is 30.8. The van der Waals surface area contributed by atoms with Crippen LogP contribution < -0.4 is 0 Å². The molecule has 0 aliphatic carbocycles. The van der Waals surface area contributed by atoms with Gasteiger partial charge in [0.25, 0.3) is 10.1 Å². The smallest absolute Gasteiger partial charge is 0.390 e. The monoisotopic (exact) mass is 492 g/mol. The third-order valence-corrected chi connectivity index (χ3v) is 9.31. The van der Waals surface area contributed by atoms with E-state index in [0.717, 1.165) is 32.8 Å². The standard InChI is InChI=1S/C23H41O7PS/c1-18(2)12-10-14-21(6)16-11-15-20(5)13-8-9-17-22(32(26,27)28)31(25,29-7)30-23(24)19(3)4/h12-13,16,19,22H,8-11,14-15,17H2,1-7H3,(H,26,27,28). The normalized spacial score (nSPS) is 15.9. The van der Waals surface area contributed by atoms with Crippen molar-refractivity contribution < 1.29 is 31.4 Å². The van der Waals surface area contributed by atoms with E-state index in [1.807, 2.05) is 13.0 Å². The Morgan fingerprint density at radius 2 is 1.47 bits per heavy atom. The second-order valence-corrected chi connectivity index (χ2v) is 12.8. The molecule has 32 heavy (non-hydrogen) atoms. The van der Waals surface area contributed by atoms with Crippen molar-refractivity contribution in [3.63, 3.8) is 0 Å². The van der Waals surface area contributed by atoms with Crippen molar-refractivity contribution in [1.82, 2.24) is 0 Å². The predicted octanol–water partition coefficient (Wildman–Crippen LogP) is 6.83. The molecule has 0 spiro atoms. The molecule has 0 rings (SSSR count). The molecule has 0 aromatic heterocycles. The van der Waals surface area contributed by atoms with Crippen molar-refractivity contribution in [1.29, 1.82) is 0 Å². The Balaban J connectivity index is 4.83. The molecule has 0 saturated heterocycles. The molecular formula is C23H41O7PS. The molecule has 0 heterocycles. The summed E-state index contributed by atoms with van der Waals surface area (Å²) >= 11 is 0. The van der Waals surface area contributed by atoms with Crippen molar-refractivity contribution in [2.75, 3.05) is 7.11 Å². The summed E-state index contributed by atoms with van der Waals surface area (Å²) in [7, 11) is -8.11. The first-order chi connectivity index (χ1) is 14.7. The molecule has 1 N–H and O–H groups in total. The Morgan fingerprint density at radius 1 is 0.969 bits per heavy atom. The van der Waals surface area contributed by atoms with Crippen molar-refractivity contribution in [2.45, 2.75) is 91.5 Å². The summed E-state index contributed by atoms with van der Waals surface area (Å²) < 4.78 is 55.7. The van der Waals surface area contributed by atoms with Crippen LogP contribution in [0.4, 0.5) is 0 Å². The van der Waals surface area contributed by atoms with E-state index < -0.39 is 34.6 Å². The lowest BCUT2D eigenvalue weighted by atomic mass is 10.1. The van der Waals surface area contributed by atoms with Crippen molar-refractivity contribution in [3.05, 3.63) is 34.9 Å². The van der Waals surface area contributed by atoms with Crippen molar-refractivity contribution >= 4 is 23.7 Å². The SMILES string of the molecule is COP(=O)(OC(=O)C(C)C)C(CCCC=C(C)CCC=C(C)CCC=C(C)C)S(=O)(=O)O. The van der Waals surface area contributed by atoms with E-state index in [2.05, 4.69) is 32.9 Å². The molecule has 0 aliphatic heterocycles. The number of carbonyl (C=O) groups excluding carboxylic acids is 1. The van der Waals surface area contributed by atoms with Crippen LogP contribution in [-0.4, -0.2) is 31.0 Å². The zero-order valence-corrected chi connectivity index (χ0v) is 22.3. The van der Waals surface area contributed by atoms with E-state index in [-0.39, 0.29) is 6.42 Å². The van der Waals surface area contributed by atoms with Gasteiger partial charge in [0.15, 0.2) is 4.99 Å². The molecule has 0 aromatic carbocycles. The maximum atomic E-state index is 12.9. The van der Waals surface area contributed by atoms with Gasteiger partial charge in [-0.2, -0.15) is 8.42 Å². The van der Waals surface area contributed by atoms with Gasteiger partial charge in [0.05, 0.1) is 5.92 Å². The van der Waals surface area contributed by atoms with E-state index in [4.69, 9.17) is 9.05 Å². The average Bonchev–Trinajstić information content (AvgIpc) is 2.66. The number of hydrogen-bond acceptors (Lipinski definition) is 6. The molecule has 0 aliphatic rings. The Bertz CT molecular complexity index is 834. The molecule has 0 aromatic rings. The lowest BCUT2D eigenvalue weighted by Gasteiger charge is -2.23. The Morgan fingerprint density at radius 3 is 1.91 bits per heavy atom. The number of hydrogen-bond donors (Lipinski definition) is 1. The first-order valence-electron chi connectivity index (χ1n) is 11.0. The van der Waals surface area contributed by atoms with Gasteiger partial charge in [-0.05, 0) is 72.6 Å². The van der Waals surface area contributed by atoms with Gasteiger partial charge in [-0.15, -0.1) is 0 Å². The topological polar surface area (TPSA) is 107 Å².